The second kappa shape index (κ2) is 12.8. The lowest BCUT2D eigenvalue weighted by Crippen LogP contribution is -2.53. The number of rotatable bonds is 9. The molecule has 2 aromatic carbocycles. The summed E-state index contributed by atoms with van der Waals surface area (Å²) in [6, 6.07) is 19.2. The van der Waals surface area contributed by atoms with E-state index in [0.29, 0.717) is 24.3 Å². The predicted molar refractivity (Wildman–Crippen MR) is 151 cm³/mol. The maximum Gasteiger partial charge on any atom is 0.414 e. The Hall–Kier alpha value is -4.48. The van der Waals surface area contributed by atoms with Crippen molar-refractivity contribution in [2.24, 2.45) is 0 Å². The monoisotopic (exact) mass is 559 g/mol. The number of hydrogen-bond acceptors (Lipinski definition) is 9. The first-order valence-electron chi connectivity index (χ1n) is 13.6. The number of amides is 2. The molecule has 2 saturated heterocycles. The number of ether oxygens (including phenoxy) is 2. The summed E-state index contributed by atoms with van der Waals surface area (Å²) >= 11 is 0. The Morgan fingerprint density at radius 2 is 1.76 bits per heavy atom. The largest absolute Gasteiger partial charge is 0.460 e. The van der Waals surface area contributed by atoms with Crippen molar-refractivity contribution in [3.8, 4) is 0 Å². The molecule has 11 heteroatoms. The molecule has 2 N–H and O–H groups in total. The van der Waals surface area contributed by atoms with E-state index in [1.807, 2.05) is 37.3 Å². The van der Waals surface area contributed by atoms with Gasteiger partial charge in [0.15, 0.2) is 5.76 Å². The van der Waals surface area contributed by atoms with E-state index in [1.165, 1.54) is 12.3 Å². The Labute approximate surface area is 238 Å². The molecule has 1 aromatic heterocycles. The van der Waals surface area contributed by atoms with Crippen molar-refractivity contribution >= 4 is 29.5 Å². The number of esters is 1. The molecule has 5 rings (SSSR count). The van der Waals surface area contributed by atoms with Gasteiger partial charge in [-0.3, -0.25) is 29.7 Å². The molecule has 11 nitrogen and oxygen atoms in total. The van der Waals surface area contributed by atoms with Crippen molar-refractivity contribution in [3.63, 3.8) is 0 Å². The fourth-order valence-corrected chi connectivity index (χ4v) is 4.91. The van der Waals surface area contributed by atoms with Gasteiger partial charge in [0.2, 0.25) is 0 Å². The average molecular weight is 560 g/mol. The van der Waals surface area contributed by atoms with Gasteiger partial charge in [0.05, 0.1) is 12.8 Å². The molecule has 3 heterocycles. The van der Waals surface area contributed by atoms with Crippen LogP contribution in [0, 0.1) is 5.41 Å². The van der Waals surface area contributed by atoms with Gasteiger partial charge in [-0.05, 0) is 48.9 Å². The highest BCUT2D eigenvalue weighted by Gasteiger charge is 2.35. The molecule has 2 aliphatic rings. The number of nitrogens with one attached hydrogen (secondary N) is 2. The molecule has 0 aliphatic carbocycles. The zero-order valence-corrected chi connectivity index (χ0v) is 22.8. The highest BCUT2D eigenvalue weighted by Crippen LogP contribution is 2.23. The van der Waals surface area contributed by atoms with Gasteiger partial charge in [-0.25, -0.2) is 4.79 Å². The number of carbonyl (C=O) groups is 3. The van der Waals surface area contributed by atoms with Crippen LogP contribution in [0.4, 0.5) is 10.5 Å². The number of piperazine rings is 1. The van der Waals surface area contributed by atoms with Gasteiger partial charge >= 0.3 is 12.1 Å². The van der Waals surface area contributed by atoms with E-state index in [9.17, 15) is 14.4 Å². The molecule has 41 heavy (non-hydrogen) atoms. The zero-order valence-electron chi connectivity index (χ0n) is 22.8. The quantitative estimate of drug-likeness (QED) is 0.233. The van der Waals surface area contributed by atoms with Crippen LogP contribution < -0.4 is 10.2 Å². The first kappa shape index (κ1) is 28.1. The number of cyclic esters (lactones) is 1. The molecular weight excluding hydrogens is 526 g/mol. The van der Waals surface area contributed by atoms with Gasteiger partial charge < -0.3 is 19.2 Å². The number of amidine groups is 1. The first-order chi connectivity index (χ1) is 19.9. The molecule has 214 valence electrons. The van der Waals surface area contributed by atoms with Gasteiger partial charge in [0, 0.05) is 44.0 Å². The van der Waals surface area contributed by atoms with Crippen molar-refractivity contribution in [1.82, 2.24) is 15.1 Å². The van der Waals surface area contributed by atoms with Crippen LogP contribution in [0.3, 0.4) is 0 Å². The molecule has 2 unspecified atom stereocenters. The van der Waals surface area contributed by atoms with Crippen LogP contribution in [0.15, 0.2) is 77.4 Å². The van der Waals surface area contributed by atoms with E-state index >= 15 is 0 Å². The summed E-state index contributed by atoms with van der Waals surface area (Å²) in [4.78, 5) is 43.2. The Bertz CT molecular complexity index is 1350. The smallest absolute Gasteiger partial charge is 0.414 e. The van der Waals surface area contributed by atoms with E-state index in [0.717, 1.165) is 31.7 Å². The lowest BCUT2D eigenvalue weighted by Gasteiger charge is -2.37. The molecule has 0 saturated carbocycles. The maximum absolute atomic E-state index is 12.6. The predicted octanol–water partition coefficient (Wildman–Crippen LogP) is 3.11. The average Bonchev–Trinajstić information content (AvgIpc) is 3.67. The lowest BCUT2D eigenvalue weighted by atomic mass is 10.1. The molecule has 2 atom stereocenters. The van der Waals surface area contributed by atoms with Gasteiger partial charge in [0.25, 0.3) is 5.91 Å². The standard InChI is InChI=1S/C30H33N5O6/c1-21(29(37)40-20-22-6-3-2-4-7-22)34-15-13-33(14-16-34)18-25-19-35(30(38)41-25)24-11-9-23(10-12-24)27(31)32-28(36)26-8-5-17-39-26/h2-12,17,21,25H,13-16,18-20H2,1H3,(H2,31,32,36). The van der Waals surface area contributed by atoms with Crippen molar-refractivity contribution in [1.29, 1.82) is 5.41 Å². The van der Waals surface area contributed by atoms with Crippen molar-refractivity contribution in [3.05, 3.63) is 89.9 Å². The third-order valence-corrected chi connectivity index (χ3v) is 7.31. The molecule has 0 spiro atoms. The summed E-state index contributed by atoms with van der Waals surface area (Å²) < 4.78 is 16.2. The molecular formula is C30H33N5O6. The van der Waals surface area contributed by atoms with Gasteiger partial charge in [0.1, 0.15) is 24.6 Å². The molecule has 0 bridgehead atoms. The lowest BCUT2D eigenvalue weighted by molar-refractivity contribution is -0.151. The summed E-state index contributed by atoms with van der Waals surface area (Å²) in [5.41, 5.74) is 2.11. The van der Waals surface area contributed by atoms with Crippen LogP contribution in [0.2, 0.25) is 0 Å². The Morgan fingerprint density at radius 3 is 2.44 bits per heavy atom. The number of hydrogen-bond donors (Lipinski definition) is 2. The summed E-state index contributed by atoms with van der Waals surface area (Å²) in [6.45, 7) is 6.10. The number of carbonyl (C=O) groups excluding carboxylic acids is 3. The number of benzene rings is 2. The molecule has 2 fully saturated rings. The maximum atomic E-state index is 12.6. The van der Waals surface area contributed by atoms with Gasteiger partial charge in [-0.1, -0.05) is 30.3 Å². The second-order valence-corrected chi connectivity index (χ2v) is 10.1. The minimum atomic E-state index is -0.506. The van der Waals surface area contributed by atoms with Crippen LogP contribution in [-0.4, -0.2) is 85.0 Å². The normalized spacial score (nSPS) is 18.5. The summed E-state index contributed by atoms with van der Waals surface area (Å²) in [6.07, 6.45) is 0.688. The zero-order chi connectivity index (χ0) is 28.8. The Morgan fingerprint density at radius 1 is 1.02 bits per heavy atom. The van der Waals surface area contributed by atoms with Crippen LogP contribution in [0.1, 0.15) is 28.6 Å². The number of nitrogens with zero attached hydrogens (tertiary/aromatic N) is 3. The molecule has 3 aromatic rings. The molecule has 2 amide bonds. The third kappa shape index (κ3) is 7.00. The Kier molecular flexibility index (Phi) is 8.76. The van der Waals surface area contributed by atoms with E-state index in [4.69, 9.17) is 19.3 Å². The second-order valence-electron chi connectivity index (χ2n) is 10.1. The molecule has 2 aliphatic heterocycles. The fourth-order valence-electron chi connectivity index (χ4n) is 4.91. The highest BCUT2D eigenvalue weighted by atomic mass is 16.6. The highest BCUT2D eigenvalue weighted by molar-refractivity contribution is 6.10. The van der Waals surface area contributed by atoms with E-state index in [2.05, 4.69) is 15.1 Å². The Balaban J connectivity index is 1.06. The summed E-state index contributed by atoms with van der Waals surface area (Å²) in [7, 11) is 0. The topological polar surface area (TPSA) is 128 Å². The third-order valence-electron chi connectivity index (χ3n) is 7.31. The van der Waals surface area contributed by atoms with E-state index in [1.54, 1.807) is 35.2 Å². The van der Waals surface area contributed by atoms with Crippen molar-refractivity contribution in [2.75, 3.05) is 44.2 Å². The van der Waals surface area contributed by atoms with Gasteiger partial charge in [-0.2, -0.15) is 0 Å². The van der Waals surface area contributed by atoms with E-state index < -0.39 is 12.0 Å². The van der Waals surface area contributed by atoms with Crippen molar-refractivity contribution < 1.29 is 28.3 Å². The molecule has 0 radical (unpaired) electrons. The van der Waals surface area contributed by atoms with Crippen LogP contribution in [0.25, 0.3) is 0 Å². The van der Waals surface area contributed by atoms with E-state index in [-0.39, 0.29) is 36.3 Å². The number of furan rings is 1. The minimum Gasteiger partial charge on any atom is -0.460 e. The van der Waals surface area contributed by atoms with Crippen molar-refractivity contribution in [2.45, 2.75) is 25.7 Å². The number of anilines is 1. The first-order valence-corrected chi connectivity index (χ1v) is 13.6. The minimum absolute atomic E-state index is 0.0715. The summed E-state index contributed by atoms with van der Waals surface area (Å²) in [5, 5.41) is 10.7. The van der Waals surface area contributed by atoms with Gasteiger partial charge in [-0.15, -0.1) is 0 Å². The summed E-state index contributed by atoms with van der Waals surface area (Å²) in [5.74, 6) is -0.690. The SMILES string of the molecule is CC(C(=O)OCc1ccccc1)N1CCN(CC2CN(c3ccc(C(=N)NC(=O)c4ccco4)cc3)C(=O)O2)CC1. The van der Waals surface area contributed by atoms with Crippen LogP contribution in [-0.2, 0) is 20.9 Å². The fraction of sp³-hybridized carbons (Fsp3) is 0.333. The van der Waals surface area contributed by atoms with Crippen LogP contribution >= 0.6 is 0 Å². The van der Waals surface area contributed by atoms with Crippen LogP contribution in [0.5, 0.6) is 0 Å².